The van der Waals surface area contributed by atoms with Crippen molar-refractivity contribution in [3.8, 4) is 11.1 Å². The van der Waals surface area contributed by atoms with E-state index in [0.29, 0.717) is 23.7 Å². The van der Waals surface area contributed by atoms with E-state index in [0.717, 1.165) is 61.8 Å². The minimum Gasteiger partial charge on any atom is -0.385 e. The van der Waals surface area contributed by atoms with E-state index in [1.54, 1.807) is 7.11 Å². The lowest BCUT2D eigenvalue weighted by molar-refractivity contribution is 0.161. The number of anilines is 2. The van der Waals surface area contributed by atoms with E-state index >= 15 is 0 Å². The van der Waals surface area contributed by atoms with Crippen LogP contribution in [0.2, 0.25) is 0 Å². The molecule has 2 aliphatic carbocycles. The van der Waals surface area contributed by atoms with Gasteiger partial charge in [-0.2, -0.15) is 0 Å². The summed E-state index contributed by atoms with van der Waals surface area (Å²) in [5.74, 6) is 1.26. The molecule has 2 saturated carbocycles. The number of pyridine rings is 1. The standard InChI is InChI=1S/C25H35FN4O/c1-17(16-31-2)29-20-8-10-21(11-9-20)30-25-13-23(24(26)15-28-25)19-4-3-5-22(12-19)27-14-18-6-7-18/h3-5,12-13,15,17-18,20-21,27,29H,6-11,14,16H2,1-2H3,(H,28,30)/t17-,20?,21?/m0/s1. The van der Waals surface area contributed by atoms with Crippen LogP contribution in [-0.4, -0.2) is 43.4 Å². The topological polar surface area (TPSA) is 58.2 Å². The SMILES string of the molecule is COC[C@H](C)NC1CCC(Nc2cc(-c3cccc(NCC4CC4)c3)c(F)cn2)CC1. The van der Waals surface area contributed by atoms with Gasteiger partial charge >= 0.3 is 0 Å². The van der Waals surface area contributed by atoms with E-state index in [9.17, 15) is 4.39 Å². The Balaban J connectivity index is 1.35. The minimum atomic E-state index is -0.287. The van der Waals surface area contributed by atoms with Crippen LogP contribution >= 0.6 is 0 Å². The van der Waals surface area contributed by atoms with Crippen molar-refractivity contribution in [3.63, 3.8) is 0 Å². The minimum absolute atomic E-state index is 0.287. The van der Waals surface area contributed by atoms with Crippen molar-refractivity contribution < 1.29 is 9.13 Å². The van der Waals surface area contributed by atoms with Gasteiger partial charge in [-0.1, -0.05) is 12.1 Å². The summed E-state index contributed by atoms with van der Waals surface area (Å²) in [6, 6.07) is 11.1. The third-order valence-electron chi connectivity index (χ3n) is 6.34. The van der Waals surface area contributed by atoms with Gasteiger partial charge in [0.1, 0.15) is 11.6 Å². The van der Waals surface area contributed by atoms with Gasteiger partial charge in [-0.15, -0.1) is 0 Å². The Labute approximate surface area is 185 Å². The van der Waals surface area contributed by atoms with Gasteiger partial charge in [0.05, 0.1) is 12.8 Å². The number of hydrogen-bond acceptors (Lipinski definition) is 5. The highest BCUT2D eigenvalue weighted by Gasteiger charge is 2.23. The highest BCUT2D eigenvalue weighted by molar-refractivity contribution is 5.70. The predicted octanol–water partition coefficient (Wildman–Crippen LogP) is 5.06. The Bertz CT molecular complexity index is 849. The lowest BCUT2D eigenvalue weighted by Crippen LogP contribution is -2.42. The van der Waals surface area contributed by atoms with Crippen LogP contribution in [0.25, 0.3) is 11.1 Å². The van der Waals surface area contributed by atoms with Gasteiger partial charge in [0.25, 0.3) is 0 Å². The third-order valence-corrected chi connectivity index (χ3v) is 6.34. The van der Waals surface area contributed by atoms with Crippen LogP contribution in [0.1, 0.15) is 45.4 Å². The molecule has 0 radical (unpaired) electrons. The number of ether oxygens (including phenoxy) is 1. The molecule has 2 aliphatic rings. The summed E-state index contributed by atoms with van der Waals surface area (Å²) in [4.78, 5) is 4.31. The summed E-state index contributed by atoms with van der Waals surface area (Å²) in [5, 5.41) is 10.7. The first kappa shape index (κ1) is 22.0. The number of halogens is 1. The zero-order valence-electron chi connectivity index (χ0n) is 18.7. The Hall–Kier alpha value is -2.18. The van der Waals surface area contributed by atoms with Gasteiger partial charge in [-0.3, -0.25) is 0 Å². The predicted molar refractivity (Wildman–Crippen MR) is 125 cm³/mol. The van der Waals surface area contributed by atoms with Crippen LogP contribution in [0.15, 0.2) is 36.5 Å². The Morgan fingerprint density at radius 2 is 1.87 bits per heavy atom. The molecule has 5 nitrogen and oxygen atoms in total. The molecule has 0 spiro atoms. The summed E-state index contributed by atoms with van der Waals surface area (Å²) in [6.07, 6.45) is 8.35. The molecule has 2 fully saturated rings. The third kappa shape index (κ3) is 6.40. The highest BCUT2D eigenvalue weighted by atomic mass is 19.1. The fourth-order valence-electron chi connectivity index (χ4n) is 4.43. The van der Waals surface area contributed by atoms with Crippen molar-refractivity contribution in [2.45, 2.75) is 63.6 Å². The zero-order valence-corrected chi connectivity index (χ0v) is 18.7. The molecule has 168 valence electrons. The second kappa shape index (κ2) is 10.4. The number of benzene rings is 1. The van der Waals surface area contributed by atoms with E-state index < -0.39 is 0 Å². The molecule has 0 saturated heterocycles. The molecule has 31 heavy (non-hydrogen) atoms. The molecule has 1 atom stereocenters. The summed E-state index contributed by atoms with van der Waals surface area (Å²) >= 11 is 0. The molecule has 2 aromatic rings. The molecule has 6 heteroatoms. The number of nitrogens with zero attached hydrogens (tertiary/aromatic N) is 1. The monoisotopic (exact) mass is 426 g/mol. The molecule has 0 aliphatic heterocycles. The van der Waals surface area contributed by atoms with Crippen molar-refractivity contribution in [1.29, 1.82) is 0 Å². The second-order valence-electron chi connectivity index (χ2n) is 9.17. The number of nitrogens with one attached hydrogen (secondary N) is 3. The fraction of sp³-hybridized carbons (Fsp3) is 0.560. The maximum Gasteiger partial charge on any atom is 0.149 e. The molecule has 1 aromatic carbocycles. The van der Waals surface area contributed by atoms with Crippen molar-refractivity contribution in [3.05, 3.63) is 42.3 Å². The molecule has 0 amide bonds. The average Bonchev–Trinajstić information content (AvgIpc) is 3.60. The largest absolute Gasteiger partial charge is 0.385 e. The first-order valence-electron chi connectivity index (χ1n) is 11.6. The van der Waals surface area contributed by atoms with Gasteiger partial charge in [0.15, 0.2) is 0 Å². The molecule has 0 unspecified atom stereocenters. The quantitative estimate of drug-likeness (QED) is 0.496. The van der Waals surface area contributed by atoms with Gasteiger partial charge in [0.2, 0.25) is 0 Å². The maximum atomic E-state index is 14.6. The Morgan fingerprint density at radius 1 is 1.10 bits per heavy atom. The molecule has 0 bridgehead atoms. The zero-order chi connectivity index (χ0) is 21.6. The van der Waals surface area contributed by atoms with Crippen LogP contribution < -0.4 is 16.0 Å². The van der Waals surface area contributed by atoms with E-state index in [2.05, 4.69) is 27.9 Å². The fourth-order valence-corrected chi connectivity index (χ4v) is 4.43. The molecule has 3 N–H and O–H groups in total. The van der Waals surface area contributed by atoms with Crippen LogP contribution in [0.5, 0.6) is 0 Å². The number of methoxy groups -OCH3 is 1. The van der Waals surface area contributed by atoms with Crippen LogP contribution in [0.3, 0.4) is 0 Å². The number of aromatic nitrogens is 1. The number of hydrogen-bond donors (Lipinski definition) is 3. The first-order chi connectivity index (χ1) is 15.1. The first-order valence-corrected chi connectivity index (χ1v) is 11.6. The van der Waals surface area contributed by atoms with E-state index in [1.807, 2.05) is 30.3 Å². The molecule has 4 rings (SSSR count). The lowest BCUT2D eigenvalue weighted by atomic mass is 9.90. The summed E-state index contributed by atoms with van der Waals surface area (Å²) < 4.78 is 19.8. The van der Waals surface area contributed by atoms with E-state index in [4.69, 9.17) is 4.74 Å². The van der Waals surface area contributed by atoms with Gasteiger partial charge in [0, 0.05) is 43.0 Å². The molecular formula is C25H35FN4O. The average molecular weight is 427 g/mol. The van der Waals surface area contributed by atoms with E-state index in [-0.39, 0.29) is 5.82 Å². The van der Waals surface area contributed by atoms with Crippen molar-refractivity contribution in [2.75, 3.05) is 30.9 Å². The van der Waals surface area contributed by atoms with Crippen molar-refractivity contribution >= 4 is 11.5 Å². The maximum absolute atomic E-state index is 14.6. The van der Waals surface area contributed by atoms with Gasteiger partial charge in [-0.05, 0) is 75.1 Å². The normalized spacial score (nSPS) is 22.2. The van der Waals surface area contributed by atoms with Gasteiger partial charge < -0.3 is 20.7 Å². The molecular weight excluding hydrogens is 391 g/mol. The smallest absolute Gasteiger partial charge is 0.149 e. The molecule has 1 aromatic heterocycles. The van der Waals surface area contributed by atoms with E-state index in [1.165, 1.54) is 19.0 Å². The summed E-state index contributed by atoms with van der Waals surface area (Å²) in [7, 11) is 1.74. The summed E-state index contributed by atoms with van der Waals surface area (Å²) in [5.41, 5.74) is 2.52. The van der Waals surface area contributed by atoms with Crippen LogP contribution in [0.4, 0.5) is 15.9 Å². The lowest BCUT2D eigenvalue weighted by Gasteiger charge is -2.31. The Kier molecular flexibility index (Phi) is 7.41. The number of rotatable bonds is 10. The van der Waals surface area contributed by atoms with Crippen molar-refractivity contribution in [2.24, 2.45) is 5.92 Å². The van der Waals surface area contributed by atoms with Crippen LogP contribution in [0, 0.1) is 11.7 Å². The van der Waals surface area contributed by atoms with Crippen molar-refractivity contribution in [1.82, 2.24) is 10.3 Å². The second-order valence-corrected chi connectivity index (χ2v) is 9.17. The molecule has 1 heterocycles. The highest BCUT2D eigenvalue weighted by Crippen LogP contribution is 2.31. The van der Waals surface area contributed by atoms with Crippen LogP contribution in [-0.2, 0) is 4.74 Å². The summed E-state index contributed by atoms with van der Waals surface area (Å²) in [6.45, 7) is 3.89. The van der Waals surface area contributed by atoms with Gasteiger partial charge in [-0.25, -0.2) is 9.37 Å². The Morgan fingerprint density at radius 3 is 2.61 bits per heavy atom.